The summed E-state index contributed by atoms with van der Waals surface area (Å²) >= 11 is 0. The summed E-state index contributed by atoms with van der Waals surface area (Å²) in [5.41, 5.74) is 11.2. The van der Waals surface area contributed by atoms with E-state index in [1.807, 2.05) is 29.2 Å². The second kappa shape index (κ2) is 15.0. The van der Waals surface area contributed by atoms with Crippen molar-refractivity contribution >= 4 is 21.8 Å². The van der Waals surface area contributed by atoms with E-state index in [9.17, 15) is 0 Å². The number of aromatic nitrogens is 4. The van der Waals surface area contributed by atoms with Crippen molar-refractivity contribution in [2.24, 2.45) is 11.8 Å². The van der Waals surface area contributed by atoms with Crippen LogP contribution in [0, 0.1) is 18.8 Å². The number of fused-ring (bicyclic) bond motifs is 3. The molecule has 0 fully saturated rings. The molecule has 0 aliphatic carbocycles. The van der Waals surface area contributed by atoms with Gasteiger partial charge in [0.15, 0.2) is 0 Å². The Labute approximate surface area is 302 Å². The van der Waals surface area contributed by atoms with E-state index in [4.69, 9.17) is 14.8 Å². The molecule has 51 heavy (non-hydrogen) atoms. The average molecular weight is 675 g/mol. The molecule has 3 aromatic heterocycles. The molecule has 4 aromatic carbocycles. The average Bonchev–Trinajstić information content (AvgIpc) is 3.73. The highest BCUT2D eigenvalue weighted by Gasteiger charge is 2.17. The normalized spacial score (nSPS) is 11.8. The van der Waals surface area contributed by atoms with Crippen molar-refractivity contribution in [1.29, 1.82) is 0 Å². The Morgan fingerprint density at radius 1 is 0.706 bits per heavy atom. The molecule has 7 rings (SSSR count). The second-order valence-corrected chi connectivity index (χ2v) is 14.9. The van der Waals surface area contributed by atoms with Gasteiger partial charge in [-0.1, -0.05) is 83.0 Å². The molecule has 0 atom stereocenters. The molecule has 0 saturated carbocycles. The Hall–Kier alpha value is -5.16. The predicted molar refractivity (Wildman–Crippen MR) is 213 cm³/mol. The third-order valence-electron chi connectivity index (χ3n) is 9.84. The zero-order valence-corrected chi connectivity index (χ0v) is 31.0. The summed E-state index contributed by atoms with van der Waals surface area (Å²) in [6.45, 7) is 13.7. The first-order chi connectivity index (χ1) is 24.8. The van der Waals surface area contributed by atoms with E-state index < -0.39 is 0 Å². The van der Waals surface area contributed by atoms with E-state index in [0.29, 0.717) is 11.8 Å². The summed E-state index contributed by atoms with van der Waals surface area (Å²) in [4.78, 5) is 4.81. The molecular formula is C46H50N4O. The standard InChI is InChI=1S/C46H50N4O/c1-7-11-34-22-23-47-45(26-34)50-43-15-9-8-14-41(43)42-21-20-40(28-44(42)50)51-39-13-10-12-38(27-39)49-30-37(29-48-49)46-35(18-16-31(2)3)24-33(6)25-36(46)19-17-32(4)5/h8-10,12-15,20-32H,7,11,16-19H2,1-6H3. The fourth-order valence-corrected chi connectivity index (χ4v) is 7.30. The van der Waals surface area contributed by atoms with Gasteiger partial charge < -0.3 is 4.74 Å². The van der Waals surface area contributed by atoms with Crippen LogP contribution in [0.1, 0.15) is 76.1 Å². The van der Waals surface area contributed by atoms with Crippen LogP contribution >= 0.6 is 0 Å². The van der Waals surface area contributed by atoms with Gasteiger partial charge in [-0.05, 0) is 116 Å². The summed E-state index contributed by atoms with van der Waals surface area (Å²) < 4.78 is 10.8. The number of pyridine rings is 1. The van der Waals surface area contributed by atoms with Gasteiger partial charge in [-0.15, -0.1) is 0 Å². The number of para-hydroxylation sites is 1. The SMILES string of the molecule is CCCc1ccnc(-n2c3ccccc3c3ccc(Oc4cccc(-n5cc(-c6c(CCC(C)C)cc(C)cc6CCC(C)C)cn5)c4)cc32)c1. The maximum absolute atomic E-state index is 6.57. The van der Waals surface area contributed by atoms with Gasteiger partial charge in [-0.25, -0.2) is 9.67 Å². The topological polar surface area (TPSA) is 44.9 Å². The number of ether oxygens (including phenoxy) is 1. The van der Waals surface area contributed by atoms with E-state index in [2.05, 4.69) is 131 Å². The molecule has 0 saturated heterocycles. The van der Waals surface area contributed by atoms with Gasteiger partial charge in [0, 0.05) is 40.9 Å². The Balaban J connectivity index is 1.22. The van der Waals surface area contributed by atoms with Crippen molar-refractivity contribution in [3.8, 4) is 34.1 Å². The molecule has 5 heteroatoms. The van der Waals surface area contributed by atoms with E-state index >= 15 is 0 Å². The van der Waals surface area contributed by atoms with Crippen LogP contribution in [0.25, 0.3) is 44.4 Å². The maximum Gasteiger partial charge on any atom is 0.137 e. The first kappa shape index (κ1) is 34.3. The molecule has 0 spiro atoms. The molecule has 0 unspecified atom stereocenters. The summed E-state index contributed by atoms with van der Waals surface area (Å²) in [5, 5.41) is 7.26. The summed E-state index contributed by atoms with van der Waals surface area (Å²) in [7, 11) is 0. The van der Waals surface area contributed by atoms with Gasteiger partial charge in [0.25, 0.3) is 0 Å². The first-order valence-electron chi connectivity index (χ1n) is 18.7. The van der Waals surface area contributed by atoms with Crippen molar-refractivity contribution in [3.05, 3.63) is 132 Å². The Morgan fingerprint density at radius 2 is 1.43 bits per heavy atom. The van der Waals surface area contributed by atoms with Gasteiger partial charge >= 0.3 is 0 Å². The van der Waals surface area contributed by atoms with E-state index in [1.54, 1.807) is 0 Å². The smallest absolute Gasteiger partial charge is 0.137 e. The molecule has 7 aromatic rings. The molecule has 260 valence electrons. The number of nitrogens with zero attached hydrogens (tertiary/aromatic N) is 4. The summed E-state index contributed by atoms with van der Waals surface area (Å²) in [6.07, 6.45) is 12.7. The Bertz CT molecular complexity index is 2260. The number of hydrogen-bond acceptors (Lipinski definition) is 3. The molecule has 0 bridgehead atoms. The largest absolute Gasteiger partial charge is 0.457 e. The highest BCUT2D eigenvalue weighted by atomic mass is 16.5. The molecule has 0 aliphatic rings. The second-order valence-electron chi connectivity index (χ2n) is 14.9. The zero-order valence-electron chi connectivity index (χ0n) is 31.0. The van der Waals surface area contributed by atoms with Gasteiger partial charge in [0.2, 0.25) is 0 Å². The minimum absolute atomic E-state index is 0.653. The van der Waals surface area contributed by atoms with Crippen LogP contribution in [0.2, 0.25) is 0 Å². The Kier molecular flexibility index (Phi) is 10.1. The van der Waals surface area contributed by atoms with E-state index in [1.165, 1.54) is 57.0 Å². The molecule has 0 aliphatic heterocycles. The van der Waals surface area contributed by atoms with Gasteiger partial charge in [0.1, 0.15) is 17.3 Å². The number of benzene rings is 4. The van der Waals surface area contributed by atoms with Crippen molar-refractivity contribution < 1.29 is 4.74 Å². The lowest BCUT2D eigenvalue weighted by Gasteiger charge is -2.17. The summed E-state index contributed by atoms with van der Waals surface area (Å²) in [5.74, 6) is 3.77. The quantitative estimate of drug-likeness (QED) is 0.122. The van der Waals surface area contributed by atoms with E-state index in [-0.39, 0.29) is 0 Å². The van der Waals surface area contributed by atoms with Crippen LogP contribution in [0.3, 0.4) is 0 Å². The lowest BCUT2D eigenvalue weighted by molar-refractivity contribution is 0.483. The molecule has 0 amide bonds. The van der Waals surface area contributed by atoms with Crippen LogP contribution in [0.5, 0.6) is 11.5 Å². The first-order valence-corrected chi connectivity index (χ1v) is 18.7. The molecule has 3 heterocycles. The highest BCUT2D eigenvalue weighted by Crippen LogP contribution is 2.36. The van der Waals surface area contributed by atoms with Gasteiger partial charge in [-0.2, -0.15) is 5.10 Å². The molecular weight excluding hydrogens is 625 g/mol. The van der Waals surface area contributed by atoms with Crippen molar-refractivity contribution in [3.63, 3.8) is 0 Å². The Morgan fingerprint density at radius 3 is 2.18 bits per heavy atom. The highest BCUT2D eigenvalue weighted by molar-refractivity contribution is 6.09. The fraction of sp³-hybridized carbons (Fsp3) is 0.304. The monoisotopic (exact) mass is 674 g/mol. The molecule has 5 nitrogen and oxygen atoms in total. The fourth-order valence-electron chi connectivity index (χ4n) is 7.30. The minimum Gasteiger partial charge on any atom is -0.457 e. The minimum atomic E-state index is 0.653. The third-order valence-corrected chi connectivity index (χ3v) is 9.84. The van der Waals surface area contributed by atoms with Crippen molar-refractivity contribution in [2.45, 2.75) is 80.1 Å². The van der Waals surface area contributed by atoms with Crippen LogP contribution in [-0.4, -0.2) is 19.3 Å². The third kappa shape index (κ3) is 7.49. The van der Waals surface area contributed by atoms with Crippen molar-refractivity contribution in [1.82, 2.24) is 19.3 Å². The number of aryl methyl sites for hydroxylation is 4. The van der Waals surface area contributed by atoms with Crippen LogP contribution in [-0.2, 0) is 19.3 Å². The van der Waals surface area contributed by atoms with Gasteiger partial charge in [-0.3, -0.25) is 4.57 Å². The summed E-state index contributed by atoms with van der Waals surface area (Å²) in [6, 6.07) is 32.2. The van der Waals surface area contributed by atoms with E-state index in [0.717, 1.165) is 59.7 Å². The maximum atomic E-state index is 6.57. The van der Waals surface area contributed by atoms with Crippen LogP contribution in [0.15, 0.2) is 110 Å². The lowest BCUT2D eigenvalue weighted by atomic mass is 9.87. The van der Waals surface area contributed by atoms with Crippen LogP contribution in [0.4, 0.5) is 0 Å². The number of hydrogen-bond donors (Lipinski definition) is 0. The zero-order chi connectivity index (χ0) is 35.5. The molecule has 0 N–H and O–H groups in total. The predicted octanol–water partition coefficient (Wildman–Crippen LogP) is 12.3. The molecule has 0 radical (unpaired) electrons. The van der Waals surface area contributed by atoms with Crippen LogP contribution < -0.4 is 4.74 Å². The van der Waals surface area contributed by atoms with Gasteiger partial charge in [0.05, 0.1) is 22.9 Å². The number of rotatable bonds is 13. The lowest BCUT2D eigenvalue weighted by Crippen LogP contribution is -2.02. The van der Waals surface area contributed by atoms with Crippen molar-refractivity contribution in [2.75, 3.05) is 0 Å².